The fourth-order valence-electron chi connectivity index (χ4n) is 2.50. The molecule has 0 atom stereocenters. The summed E-state index contributed by atoms with van der Waals surface area (Å²) in [6.07, 6.45) is -0.316. The molecule has 1 aliphatic rings. The number of rotatable bonds is 4. The third kappa shape index (κ3) is 5.63. The van der Waals surface area contributed by atoms with E-state index in [0.717, 1.165) is 0 Å². The summed E-state index contributed by atoms with van der Waals surface area (Å²) < 4.78 is 34.8. The van der Waals surface area contributed by atoms with E-state index in [1.54, 1.807) is 29.2 Å². The monoisotopic (exact) mass is 342 g/mol. The van der Waals surface area contributed by atoms with E-state index in [2.05, 4.69) is 9.64 Å². The number of nitrogens with zero attached hydrogens (tertiary/aromatic N) is 2. The normalized spacial score (nSPS) is 16.3. The number of ether oxygens (including phenoxy) is 2. The maximum absolute atomic E-state index is 12.5. The van der Waals surface area contributed by atoms with Crippen LogP contribution in [0.5, 0.6) is 5.75 Å². The van der Waals surface area contributed by atoms with Gasteiger partial charge in [-0.25, -0.2) is 4.79 Å². The summed E-state index contributed by atoms with van der Waals surface area (Å²) in [4.78, 5) is 15.8. The Labute approximate surface area is 141 Å². The van der Waals surface area contributed by atoms with Crippen LogP contribution in [0.15, 0.2) is 24.3 Å². The topological polar surface area (TPSA) is 42.0 Å². The molecule has 0 bridgehead atoms. The van der Waals surface area contributed by atoms with Crippen molar-refractivity contribution >= 4 is 6.09 Å². The largest absolute Gasteiger partial charge is 0.444 e. The van der Waals surface area contributed by atoms with Gasteiger partial charge in [-0.3, -0.25) is 4.90 Å². The van der Waals surface area contributed by atoms with Gasteiger partial charge in [0.1, 0.15) is 11.4 Å². The van der Waals surface area contributed by atoms with Crippen LogP contribution in [-0.4, -0.2) is 54.3 Å². The highest BCUT2D eigenvalue weighted by Gasteiger charge is 2.26. The number of carbonyl (C=O) groups is 1. The third-order valence-corrected chi connectivity index (χ3v) is 3.61. The van der Waals surface area contributed by atoms with Crippen LogP contribution in [0.1, 0.15) is 26.3 Å². The molecule has 2 rings (SSSR count). The molecule has 7 heteroatoms. The molecule has 1 aromatic rings. The molecule has 1 saturated heterocycles. The van der Waals surface area contributed by atoms with Gasteiger partial charge in [0, 0.05) is 38.3 Å². The molecule has 0 unspecified atom stereocenters. The molecule has 0 radical (unpaired) electrons. The van der Waals surface area contributed by atoms with Gasteiger partial charge in [0.2, 0.25) is 0 Å². The zero-order chi connectivity index (χ0) is 17.7. The van der Waals surface area contributed by atoms with Crippen LogP contribution in [0.2, 0.25) is 0 Å². The minimum atomic E-state index is -2.84. The van der Waals surface area contributed by atoms with Crippen molar-refractivity contribution in [2.45, 2.75) is 39.5 Å². The first-order valence-electron chi connectivity index (χ1n) is 7.97. The average molecular weight is 342 g/mol. The zero-order valence-corrected chi connectivity index (χ0v) is 14.3. The predicted octanol–water partition coefficient (Wildman–Crippen LogP) is 3.34. The second-order valence-corrected chi connectivity index (χ2v) is 6.73. The lowest BCUT2D eigenvalue weighted by Gasteiger charge is -2.35. The van der Waals surface area contributed by atoms with E-state index >= 15 is 0 Å². The molecule has 134 valence electrons. The Balaban J connectivity index is 1.89. The molecule has 1 aliphatic heterocycles. The van der Waals surface area contributed by atoms with Crippen molar-refractivity contribution in [1.29, 1.82) is 0 Å². The maximum atomic E-state index is 12.5. The fraction of sp³-hybridized carbons (Fsp3) is 0.588. The van der Waals surface area contributed by atoms with Gasteiger partial charge in [-0.1, -0.05) is 18.2 Å². The lowest BCUT2D eigenvalue weighted by Crippen LogP contribution is -2.49. The van der Waals surface area contributed by atoms with Gasteiger partial charge in [-0.05, 0) is 26.8 Å². The first-order chi connectivity index (χ1) is 11.2. The molecule has 5 nitrogen and oxygen atoms in total. The van der Waals surface area contributed by atoms with E-state index < -0.39 is 12.2 Å². The van der Waals surface area contributed by atoms with Crippen molar-refractivity contribution in [3.8, 4) is 5.75 Å². The predicted molar refractivity (Wildman–Crippen MR) is 86.2 cm³/mol. The van der Waals surface area contributed by atoms with Gasteiger partial charge in [-0.15, -0.1) is 0 Å². The first-order valence-corrected chi connectivity index (χ1v) is 7.97. The summed E-state index contributed by atoms with van der Waals surface area (Å²) in [6.45, 7) is 5.58. The first kappa shape index (κ1) is 18.4. The third-order valence-electron chi connectivity index (χ3n) is 3.61. The Kier molecular flexibility index (Phi) is 5.99. The molecule has 0 aromatic heterocycles. The smallest absolute Gasteiger partial charge is 0.410 e. The van der Waals surface area contributed by atoms with E-state index in [4.69, 9.17) is 4.74 Å². The molecule has 1 fully saturated rings. The van der Waals surface area contributed by atoms with Crippen molar-refractivity contribution in [3.63, 3.8) is 0 Å². The molecule has 24 heavy (non-hydrogen) atoms. The number of piperazine rings is 1. The summed E-state index contributed by atoms with van der Waals surface area (Å²) in [6, 6.07) is 6.78. The van der Waals surface area contributed by atoms with E-state index in [1.807, 2.05) is 20.8 Å². The standard InChI is InChI=1S/C17H24F2N2O3/c1-17(2,3)24-16(22)21-10-8-20(9-11-21)12-13-6-4-5-7-14(13)23-15(18)19/h4-7,15H,8-12H2,1-3H3. The lowest BCUT2D eigenvalue weighted by molar-refractivity contribution is -0.0509. The summed E-state index contributed by atoms with van der Waals surface area (Å²) in [7, 11) is 0. The number of amides is 1. The van der Waals surface area contributed by atoms with Crippen LogP contribution in [0, 0.1) is 0 Å². The molecular weight excluding hydrogens is 318 g/mol. The van der Waals surface area contributed by atoms with Crippen LogP contribution in [0.4, 0.5) is 13.6 Å². The van der Waals surface area contributed by atoms with Gasteiger partial charge < -0.3 is 14.4 Å². The maximum Gasteiger partial charge on any atom is 0.410 e. The Morgan fingerprint density at radius 2 is 1.79 bits per heavy atom. The van der Waals surface area contributed by atoms with Crippen LogP contribution in [0.3, 0.4) is 0 Å². The molecule has 1 aromatic carbocycles. The van der Waals surface area contributed by atoms with Gasteiger partial charge in [0.15, 0.2) is 0 Å². The van der Waals surface area contributed by atoms with Crippen LogP contribution in [0.25, 0.3) is 0 Å². The summed E-state index contributed by atoms with van der Waals surface area (Å²) >= 11 is 0. The molecule has 1 heterocycles. The van der Waals surface area contributed by atoms with Crippen LogP contribution < -0.4 is 4.74 Å². The molecular formula is C17H24F2N2O3. The molecule has 0 saturated carbocycles. The summed E-state index contributed by atoms with van der Waals surface area (Å²) in [5.41, 5.74) is 0.197. The second-order valence-electron chi connectivity index (χ2n) is 6.73. The highest BCUT2D eigenvalue weighted by molar-refractivity contribution is 5.68. The zero-order valence-electron chi connectivity index (χ0n) is 14.3. The van der Waals surface area contributed by atoms with Gasteiger partial charge >= 0.3 is 12.7 Å². The number of benzene rings is 1. The Bertz CT molecular complexity index is 553. The summed E-state index contributed by atoms with van der Waals surface area (Å²) in [5.74, 6) is 0.196. The number of hydrogen-bond donors (Lipinski definition) is 0. The number of hydrogen-bond acceptors (Lipinski definition) is 4. The van der Waals surface area contributed by atoms with Gasteiger partial charge in [-0.2, -0.15) is 8.78 Å². The number of carbonyl (C=O) groups excluding carboxylic acids is 1. The fourth-order valence-corrected chi connectivity index (χ4v) is 2.50. The minimum Gasteiger partial charge on any atom is -0.444 e. The van der Waals surface area contributed by atoms with Crippen molar-refractivity contribution in [1.82, 2.24) is 9.80 Å². The van der Waals surface area contributed by atoms with E-state index in [9.17, 15) is 13.6 Å². The lowest BCUT2D eigenvalue weighted by atomic mass is 10.1. The molecule has 0 N–H and O–H groups in total. The van der Waals surface area contributed by atoms with Gasteiger partial charge in [0.25, 0.3) is 0 Å². The minimum absolute atomic E-state index is 0.196. The average Bonchev–Trinajstić information content (AvgIpc) is 2.48. The highest BCUT2D eigenvalue weighted by Crippen LogP contribution is 2.22. The van der Waals surface area contributed by atoms with Crippen LogP contribution in [-0.2, 0) is 11.3 Å². The van der Waals surface area contributed by atoms with E-state index in [1.165, 1.54) is 0 Å². The number of halogens is 2. The molecule has 0 aliphatic carbocycles. The quantitative estimate of drug-likeness (QED) is 0.842. The van der Waals surface area contributed by atoms with E-state index in [0.29, 0.717) is 38.3 Å². The van der Waals surface area contributed by atoms with Gasteiger partial charge in [0.05, 0.1) is 0 Å². The van der Waals surface area contributed by atoms with Crippen LogP contribution >= 0.6 is 0 Å². The molecule has 1 amide bonds. The Morgan fingerprint density at radius 3 is 2.38 bits per heavy atom. The van der Waals surface area contributed by atoms with Crippen molar-refractivity contribution in [3.05, 3.63) is 29.8 Å². The number of para-hydroxylation sites is 1. The highest BCUT2D eigenvalue weighted by atomic mass is 19.3. The van der Waals surface area contributed by atoms with Crippen molar-refractivity contribution in [2.24, 2.45) is 0 Å². The van der Waals surface area contributed by atoms with Crippen molar-refractivity contribution < 1.29 is 23.0 Å². The Hall–Kier alpha value is -1.89. The summed E-state index contributed by atoms with van der Waals surface area (Å²) in [5, 5.41) is 0. The number of alkyl halides is 2. The molecule has 0 spiro atoms. The second kappa shape index (κ2) is 7.79. The SMILES string of the molecule is CC(C)(C)OC(=O)N1CCN(Cc2ccccc2OC(F)F)CC1. The van der Waals surface area contributed by atoms with E-state index in [-0.39, 0.29) is 11.8 Å². The Morgan fingerprint density at radius 1 is 1.17 bits per heavy atom. The van der Waals surface area contributed by atoms with Crippen molar-refractivity contribution in [2.75, 3.05) is 26.2 Å².